The average Bonchev–Trinajstić information content (AvgIpc) is 3.40. The van der Waals surface area contributed by atoms with Crippen LogP contribution in [0.1, 0.15) is 46.0 Å². The molecule has 0 saturated carbocycles. The van der Waals surface area contributed by atoms with Crippen molar-refractivity contribution in [3.63, 3.8) is 0 Å². The van der Waals surface area contributed by atoms with Crippen LogP contribution in [0, 0.1) is 0 Å². The van der Waals surface area contributed by atoms with Crippen LogP contribution in [0.2, 0.25) is 0 Å². The van der Waals surface area contributed by atoms with Crippen molar-refractivity contribution >= 4 is 0 Å². The van der Waals surface area contributed by atoms with E-state index in [-0.39, 0.29) is 0 Å². The minimum absolute atomic E-state index is 0.325. The molecule has 12 heteroatoms. The molecule has 0 amide bonds. The summed E-state index contributed by atoms with van der Waals surface area (Å²) in [4.78, 5) is 4.44. The van der Waals surface area contributed by atoms with E-state index in [1.165, 1.54) is 0 Å². The standard InChI is InChI=1S/2C28H31NO5/c2*1-31-28-24(29(17-20-11-5-2-6-12-20)18-21-13-7-3-8-14-21)25(30)26-23(33-28)19-32-27(34-26)22-15-9-4-10-16-22/h2*2-16,23-28,30H,17-19H2,1H3/t2*23-,24-,25-,26-,27-,28-/m11/s1. The van der Waals surface area contributed by atoms with Crippen molar-refractivity contribution < 1.29 is 48.1 Å². The maximum atomic E-state index is 11.7. The molecule has 0 bridgehead atoms. The highest BCUT2D eigenvalue weighted by atomic mass is 16.8. The van der Waals surface area contributed by atoms with Gasteiger partial charge in [-0.25, -0.2) is 0 Å². The monoisotopic (exact) mass is 922 g/mol. The Kier molecular flexibility index (Phi) is 16.5. The van der Waals surface area contributed by atoms with E-state index >= 15 is 0 Å². The van der Waals surface area contributed by atoms with Crippen LogP contribution in [0.3, 0.4) is 0 Å². The van der Waals surface area contributed by atoms with Crippen LogP contribution in [-0.2, 0) is 64.1 Å². The molecule has 0 spiro atoms. The molecule has 4 fully saturated rings. The van der Waals surface area contributed by atoms with Crippen molar-refractivity contribution in [3.8, 4) is 0 Å². The third kappa shape index (κ3) is 11.6. The van der Waals surface area contributed by atoms with Crippen LogP contribution in [0.5, 0.6) is 0 Å². The molecule has 0 aromatic heterocycles. The first-order valence-electron chi connectivity index (χ1n) is 23.5. The highest BCUT2D eigenvalue weighted by Gasteiger charge is 2.53. The van der Waals surface area contributed by atoms with Gasteiger partial charge in [0.1, 0.15) is 36.6 Å². The lowest BCUT2D eigenvalue weighted by Crippen LogP contribution is -2.66. The van der Waals surface area contributed by atoms with Crippen LogP contribution >= 0.6 is 0 Å². The zero-order valence-electron chi connectivity index (χ0n) is 38.5. The van der Waals surface area contributed by atoms with Crippen molar-refractivity contribution in [3.05, 3.63) is 215 Å². The third-order valence-electron chi connectivity index (χ3n) is 13.0. The fraction of sp³-hybridized carbons (Fsp3) is 0.357. The lowest BCUT2D eigenvalue weighted by atomic mass is 9.93. The fourth-order valence-corrected chi connectivity index (χ4v) is 9.69. The Bertz CT molecular complexity index is 2120. The molecule has 4 saturated heterocycles. The average molecular weight is 923 g/mol. The summed E-state index contributed by atoms with van der Waals surface area (Å²) in [5.74, 6) is 0. The SMILES string of the molecule is CO[C@@H]1O[C@@H]2CO[C@@H](c3ccccc3)O[C@H]2[C@H](O)[C@H]1N(Cc1ccccc1)Cc1ccccc1.CO[C@@H]1O[C@@H]2CO[C@@H](c3ccccc3)O[C@H]2[C@H](O)[C@H]1N(Cc1ccccc1)Cc1ccccc1. The molecule has 0 unspecified atom stereocenters. The zero-order valence-corrected chi connectivity index (χ0v) is 38.5. The maximum Gasteiger partial charge on any atom is 0.184 e. The van der Waals surface area contributed by atoms with E-state index in [0.29, 0.717) is 39.4 Å². The van der Waals surface area contributed by atoms with Gasteiger partial charge in [-0.2, -0.15) is 0 Å². The van der Waals surface area contributed by atoms with E-state index in [4.69, 9.17) is 37.9 Å². The highest BCUT2D eigenvalue weighted by Crippen LogP contribution is 2.38. The summed E-state index contributed by atoms with van der Waals surface area (Å²) >= 11 is 0. The molecule has 12 atom stereocenters. The van der Waals surface area contributed by atoms with Gasteiger partial charge in [-0.1, -0.05) is 182 Å². The first kappa shape index (κ1) is 47.9. The van der Waals surface area contributed by atoms with E-state index in [1.54, 1.807) is 14.2 Å². The van der Waals surface area contributed by atoms with Crippen LogP contribution in [0.4, 0.5) is 0 Å². The first-order valence-corrected chi connectivity index (χ1v) is 23.5. The smallest absolute Gasteiger partial charge is 0.184 e. The van der Waals surface area contributed by atoms with Crippen molar-refractivity contribution in [2.24, 2.45) is 0 Å². The zero-order chi connectivity index (χ0) is 46.7. The number of fused-ring (bicyclic) bond motifs is 2. The number of nitrogens with zero attached hydrogens (tertiary/aromatic N) is 2. The maximum absolute atomic E-state index is 11.7. The van der Waals surface area contributed by atoms with Crippen LogP contribution in [0.25, 0.3) is 0 Å². The van der Waals surface area contributed by atoms with E-state index in [2.05, 4.69) is 58.3 Å². The molecule has 12 nitrogen and oxygen atoms in total. The Labute approximate surface area is 399 Å². The molecule has 356 valence electrons. The predicted octanol–water partition coefficient (Wildman–Crippen LogP) is 7.81. The van der Waals surface area contributed by atoms with Gasteiger partial charge in [0, 0.05) is 51.5 Å². The van der Waals surface area contributed by atoms with E-state index in [1.807, 2.05) is 133 Å². The van der Waals surface area contributed by atoms with E-state index in [0.717, 1.165) is 33.4 Å². The van der Waals surface area contributed by atoms with Crippen LogP contribution < -0.4 is 0 Å². The number of ether oxygens (including phenoxy) is 8. The third-order valence-corrected chi connectivity index (χ3v) is 13.0. The molecule has 4 aliphatic heterocycles. The van der Waals surface area contributed by atoms with Crippen molar-refractivity contribution in [1.29, 1.82) is 0 Å². The molecule has 4 heterocycles. The number of hydrogen-bond acceptors (Lipinski definition) is 12. The lowest BCUT2D eigenvalue weighted by molar-refractivity contribution is -0.351. The summed E-state index contributed by atoms with van der Waals surface area (Å²) in [7, 11) is 3.23. The molecule has 10 rings (SSSR count). The first-order chi connectivity index (χ1) is 33.4. The molecular formula is C56H62N2O10. The molecular weight excluding hydrogens is 861 g/mol. The normalized spacial score (nSPS) is 29.0. The second kappa shape index (κ2) is 23.4. The molecule has 2 N–H and O–H groups in total. The lowest BCUT2D eigenvalue weighted by Gasteiger charge is -2.50. The topological polar surface area (TPSA) is 121 Å². The van der Waals surface area contributed by atoms with Crippen molar-refractivity contribution in [2.75, 3.05) is 27.4 Å². The second-order valence-corrected chi connectivity index (χ2v) is 17.6. The predicted molar refractivity (Wildman–Crippen MR) is 255 cm³/mol. The van der Waals surface area contributed by atoms with Gasteiger partial charge in [0.05, 0.1) is 25.3 Å². The molecule has 4 aliphatic rings. The molecule has 68 heavy (non-hydrogen) atoms. The summed E-state index contributed by atoms with van der Waals surface area (Å²) in [6.07, 6.45) is -5.88. The second-order valence-electron chi connectivity index (χ2n) is 17.6. The number of aliphatic hydroxyl groups excluding tert-OH is 2. The number of aliphatic hydroxyl groups is 2. The van der Waals surface area contributed by atoms with Gasteiger partial charge < -0.3 is 48.1 Å². The van der Waals surface area contributed by atoms with Gasteiger partial charge in [-0.15, -0.1) is 0 Å². The molecule has 6 aromatic carbocycles. The molecule has 6 aromatic rings. The summed E-state index contributed by atoms with van der Waals surface area (Å²) in [5, 5.41) is 23.3. The number of rotatable bonds is 14. The summed E-state index contributed by atoms with van der Waals surface area (Å²) in [6, 6.07) is 59.7. The summed E-state index contributed by atoms with van der Waals surface area (Å²) in [6.45, 7) is 3.19. The Morgan fingerprint density at radius 3 is 0.971 bits per heavy atom. The quantitative estimate of drug-likeness (QED) is 0.111. The van der Waals surface area contributed by atoms with Crippen molar-refractivity contribution in [2.45, 2.75) is 100 Å². The Hall–Kier alpha value is -5.16. The van der Waals surface area contributed by atoms with Crippen LogP contribution in [0.15, 0.2) is 182 Å². The Morgan fingerprint density at radius 2 is 0.691 bits per heavy atom. The van der Waals surface area contributed by atoms with Gasteiger partial charge in [0.2, 0.25) is 0 Å². The minimum atomic E-state index is -0.828. The summed E-state index contributed by atoms with van der Waals surface area (Å²) < 4.78 is 48.5. The van der Waals surface area contributed by atoms with Crippen LogP contribution in [-0.4, -0.2) is 109 Å². The number of methoxy groups -OCH3 is 2. The van der Waals surface area contributed by atoms with Gasteiger partial charge in [-0.05, 0) is 22.3 Å². The highest BCUT2D eigenvalue weighted by molar-refractivity contribution is 5.22. The Balaban J connectivity index is 0.000000170. The molecule has 0 radical (unpaired) electrons. The van der Waals surface area contributed by atoms with E-state index < -0.39 is 73.9 Å². The largest absolute Gasteiger partial charge is 0.388 e. The van der Waals surface area contributed by atoms with Gasteiger partial charge in [-0.3, -0.25) is 9.80 Å². The molecule has 0 aliphatic carbocycles. The summed E-state index contributed by atoms with van der Waals surface area (Å²) in [5.41, 5.74) is 6.44. The fourth-order valence-electron chi connectivity index (χ4n) is 9.69. The minimum Gasteiger partial charge on any atom is -0.388 e. The van der Waals surface area contributed by atoms with E-state index in [9.17, 15) is 10.2 Å². The van der Waals surface area contributed by atoms with Crippen molar-refractivity contribution in [1.82, 2.24) is 9.80 Å². The van der Waals surface area contributed by atoms with Gasteiger partial charge in [0.15, 0.2) is 25.2 Å². The van der Waals surface area contributed by atoms with Gasteiger partial charge in [0.25, 0.3) is 0 Å². The number of benzene rings is 6. The number of hydrogen-bond donors (Lipinski definition) is 2. The Morgan fingerprint density at radius 1 is 0.412 bits per heavy atom. The van der Waals surface area contributed by atoms with Gasteiger partial charge >= 0.3 is 0 Å².